The maximum atomic E-state index is 12.5. The van der Waals surface area contributed by atoms with Crippen molar-refractivity contribution in [2.45, 2.75) is 31.9 Å². The number of para-hydroxylation sites is 1. The lowest BCUT2D eigenvalue weighted by Gasteiger charge is -2.13. The Labute approximate surface area is 211 Å². The number of amides is 1. The van der Waals surface area contributed by atoms with Gasteiger partial charge in [-0.2, -0.15) is 0 Å². The van der Waals surface area contributed by atoms with E-state index < -0.39 is 0 Å². The molecule has 4 rings (SSSR count). The maximum absolute atomic E-state index is 12.5. The summed E-state index contributed by atoms with van der Waals surface area (Å²) in [5.74, 6) is 0.668. The Morgan fingerprint density at radius 2 is 2.03 bits per heavy atom. The average molecular weight is 561 g/mol. The van der Waals surface area contributed by atoms with E-state index in [1.165, 1.54) is 10.9 Å². The van der Waals surface area contributed by atoms with Gasteiger partial charge in [0.25, 0.3) is 5.91 Å². The molecule has 1 aliphatic heterocycles. The lowest BCUT2D eigenvalue weighted by molar-refractivity contribution is 0.0857. The molecule has 2 heterocycles. The Morgan fingerprint density at radius 1 is 1.15 bits per heavy atom. The van der Waals surface area contributed by atoms with Crippen molar-refractivity contribution in [3.05, 3.63) is 71.4 Å². The number of hydrogen-bond donors (Lipinski definition) is 4. The summed E-state index contributed by atoms with van der Waals surface area (Å²) in [7, 11) is 1.76. The van der Waals surface area contributed by atoms with Gasteiger partial charge in [0, 0.05) is 56.0 Å². The number of ether oxygens (including phenoxy) is 1. The Kier molecular flexibility index (Phi) is 9.56. The standard InChI is InChI=1S/C25H31N5O2.HI/c1-26-25(27-12-11-20-16-28-23-10-3-2-9-22(20)23)30-15-18-6-4-7-19(14-18)24(31)29-17-21-8-5-13-32-21;/h2-4,6-7,9-10,14,16,21,28H,5,8,11-13,15,17H2,1H3,(H,29,31)(H2,26,27,30);1H. The van der Waals surface area contributed by atoms with Crippen molar-refractivity contribution in [3.8, 4) is 0 Å². The lowest BCUT2D eigenvalue weighted by atomic mass is 10.1. The fourth-order valence-corrected chi connectivity index (χ4v) is 4.00. The van der Waals surface area contributed by atoms with Crippen LogP contribution in [-0.4, -0.2) is 49.7 Å². The third-order valence-corrected chi connectivity index (χ3v) is 5.75. The van der Waals surface area contributed by atoms with E-state index in [1.807, 2.05) is 30.3 Å². The molecule has 1 atom stereocenters. The van der Waals surface area contributed by atoms with E-state index in [4.69, 9.17) is 4.74 Å². The molecule has 1 amide bonds. The highest BCUT2D eigenvalue weighted by Gasteiger charge is 2.16. The number of aromatic nitrogens is 1. The molecule has 8 heteroatoms. The average Bonchev–Trinajstić information content (AvgIpc) is 3.50. The van der Waals surface area contributed by atoms with Crippen molar-refractivity contribution < 1.29 is 9.53 Å². The summed E-state index contributed by atoms with van der Waals surface area (Å²) in [5.41, 5.74) is 4.12. The van der Waals surface area contributed by atoms with E-state index in [0.29, 0.717) is 18.7 Å². The minimum absolute atomic E-state index is 0. The molecule has 1 unspecified atom stereocenters. The smallest absolute Gasteiger partial charge is 0.251 e. The molecule has 4 N–H and O–H groups in total. The second kappa shape index (κ2) is 12.6. The Balaban J connectivity index is 0.00000306. The van der Waals surface area contributed by atoms with Gasteiger partial charge in [-0.05, 0) is 48.6 Å². The second-order valence-electron chi connectivity index (χ2n) is 8.01. The molecule has 7 nitrogen and oxygen atoms in total. The number of fused-ring (bicyclic) bond motifs is 1. The zero-order chi connectivity index (χ0) is 22.2. The van der Waals surface area contributed by atoms with Gasteiger partial charge in [-0.3, -0.25) is 9.79 Å². The SMILES string of the molecule is CN=C(NCCc1c[nH]c2ccccc12)NCc1cccc(C(=O)NCC2CCCO2)c1.I. The van der Waals surface area contributed by atoms with Gasteiger partial charge in [0.1, 0.15) is 0 Å². The number of guanidine groups is 1. The zero-order valence-corrected chi connectivity index (χ0v) is 21.2. The second-order valence-corrected chi connectivity index (χ2v) is 8.01. The van der Waals surface area contributed by atoms with E-state index in [9.17, 15) is 4.79 Å². The van der Waals surface area contributed by atoms with Crippen LogP contribution in [0.1, 0.15) is 34.3 Å². The van der Waals surface area contributed by atoms with Crippen LogP contribution in [0.15, 0.2) is 59.7 Å². The van der Waals surface area contributed by atoms with Gasteiger partial charge < -0.3 is 25.7 Å². The number of carbonyl (C=O) groups is 1. The van der Waals surface area contributed by atoms with E-state index in [2.05, 4.69) is 50.3 Å². The number of benzene rings is 2. The fraction of sp³-hybridized carbons (Fsp3) is 0.360. The molecule has 1 aliphatic rings. The molecule has 0 spiro atoms. The van der Waals surface area contributed by atoms with Crippen LogP contribution < -0.4 is 16.0 Å². The van der Waals surface area contributed by atoms with Crippen molar-refractivity contribution in [1.29, 1.82) is 0 Å². The van der Waals surface area contributed by atoms with Gasteiger partial charge >= 0.3 is 0 Å². The van der Waals surface area contributed by atoms with Gasteiger partial charge in [0.05, 0.1) is 6.10 Å². The lowest BCUT2D eigenvalue weighted by Crippen LogP contribution is -2.38. The van der Waals surface area contributed by atoms with Crippen molar-refractivity contribution in [2.24, 2.45) is 4.99 Å². The first-order chi connectivity index (χ1) is 15.7. The van der Waals surface area contributed by atoms with Crippen molar-refractivity contribution in [2.75, 3.05) is 26.7 Å². The van der Waals surface area contributed by atoms with E-state index >= 15 is 0 Å². The van der Waals surface area contributed by atoms with E-state index in [-0.39, 0.29) is 36.0 Å². The Morgan fingerprint density at radius 3 is 2.85 bits per heavy atom. The van der Waals surface area contributed by atoms with Crippen LogP contribution in [0.5, 0.6) is 0 Å². The topological polar surface area (TPSA) is 90.5 Å². The van der Waals surface area contributed by atoms with E-state index in [1.54, 1.807) is 7.05 Å². The third-order valence-electron chi connectivity index (χ3n) is 5.75. The molecule has 33 heavy (non-hydrogen) atoms. The molecule has 1 fully saturated rings. The summed E-state index contributed by atoms with van der Waals surface area (Å²) in [6, 6.07) is 16.0. The number of rotatable bonds is 8. The summed E-state index contributed by atoms with van der Waals surface area (Å²) in [5, 5.41) is 10.9. The molecule has 176 valence electrons. The van der Waals surface area contributed by atoms with Crippen LogP contribution in [0.25, 0.3) is 10.9 Å². The van der Waals surface area contributed by atoms with Crippen LogP contribution in [0.3, 0.4) is 0 Å². The minimum Gasteiger partial charge on any atom is -0.376 e. The van der Waals surface area contributed by atoms with Crippen molar-refractivity contribution in [1.82, 2.24) is 20.9 Å². The predicted molar refractivity (Wildman–Crippen MR) is 143 cm³/mol. The van der Waals surface area contributed by atoms with Gasteiger partial charge in [-0.1, -0.05) is 30.3 Å². The number of nitrogens with zero attached hydrogens (tertiary/aromatic N) is 1. The number of carbonyl (C=O) groups excluding carboxylic acids is 1. The van der Waals surface area contributed by atoms with Crippen molar-refractivity contribution >= 4 is 46.7 Å². The molecule has 0 bridgehead atoms. The molecule has 1 saturated heterocycles. The number of halogens is 1. The number of hydrogen-bond acceptors (Lipinski definition) is 3. The molecule has 1 aromatic heterocycles. The Hall–Kier alpha value is -2.59. The summed E-state index contributed by atoms with van der Waals surface area (Å²) >= 11 is 0. The number of nitrogens with one attached hydrogen (secondary N) is 4. The maximum Gasteiger partial charge on any atom is 0.251 e. The van der Waals surface area contributed by atoms with Gasteiger partial charge in [-0.15, -0.1) is 24.0 Å². The monoisotopic (exact) mass is 561 g/mol. The molecule has 0 aliphatic carbocycles. The highest BCUT2D eigenvalue weighted by Crippen LogP contribution is 2.17. The normalized spacial score (nSPS) is 15.8. The molecule has 2 aromatic carbocycles. The Bertz CT molecular complexity index is 1080. The third kappa shape index (κ3) is 6.94. The van der Waals surface area contributed by atoms with Crippen LogP contribution >= 0.6 is 24.0 Å². The van der Waals surface area contributed by atoms with E-state index in [0.717, 1.165) is 49.5 Å². The molecular formula is C25H32IN5O2. The summed E-state index contributed by atoms with van der Waals surface area (Å²) in [6.45, 7) is 2.71. The number of H-pyrrole nitrogens is 1. The molecule has 0 radical (unpaired) electrons. The summed E-state index contributed by atoms with van der Waals surface area (Å²) in [6.07, 6.45) is 5.18. The first-order valence-electron chi connectivity index (χ1n) is 11.2. The minimum atomic E-state index is -0.0661. The highest BCUT2D eigenvalue weighted by molar-refractivity contribution is 14.0. The van der Waals surface area contributed by atoms with Crippen LogP contribution in [0.2, 0.25) is 0 Å². The van der Waals surface area contributed by atoms with Gasteiger partial charge in [0.15, 0.2) is 5.96 Å². The van der Waals surface area contributed by atoms with Crippen LogP contribution in [0.4, 0.5) is 0 Å². The predicted octanol–water partition coefficient (Wildman–Crippen LogP) is 3.60. The first-order valence-corrected chi connectivity index (χ1v) is 11.2. The molecule has 0 saturated carbocycles. The number of aliphatic imine (C=N–C) groups is 1. The fourth-order valence-electron chi connectivity index (χ4n) is 4.00. The van der Waals surface area contributed by atoms with Gasteiger partial charge in [0.2, 0.25) is 0 Å². The molecule has 3 aromatic rings. The zero-order valence-electron chi connectivity index (χ0n) is 18.9. The van der Waals surface area contributed by atoms with Crippen molar-refractivity contribution in [3.63, 3.8) is 0 Å². The first kappa shape index (κ1) is 25.0. The largest absolute Gasteiger partial charge is 0.376 e. The quantitative estimate of drug-likeness (QED) is 0.192. The van der Waals surface area contributed by atoms with Gasteiger partial charge in [-0.25, -0.2) is 0 Å². The highest BCUT2D eigenvalue weighted by atomic mass is 127. The summed E-state index contributed by atoms with van der Waals surface area (Å²) in [4.78, 5) is 20.1. The summed E-state index contributed by atoms with van der Waals surface area (Å²) < 4.78 is 5.57. The number of aromatic amines is 1. The van der Waals surface area contributed by atoms with Crippen LogP contribution in [0, 0.1) is 0 Å². The van der Waals surface area contributed by atoms with Crippen LogP contribution in [-0.2, 0) is 17.7 Å². The molecular weight excluding hydrogens is 529 g/mol.